The lowest BCUT2D eigenvalue weighted by atomic mass is 10.3. The van der Waals surface area contributed by atoms with Gasteiger partial charge in [-0.25, -0.2) is 6.57 Å². The van der Waals surface area contributed by atoms with E-state index in [4.69, 9.17) is 11.3 Å². The fourth-order valence-corrected chi connectivity index (χ4v) is 0.947. The molecule has 0 aliphatic carbocycles. The minimum Gasteiger partial charge on any atom is -0.497 e. The van der Waals surface area contributed by atoms with E-state index in [1.165, 1.54) is 0 Å². The van der Waals surface area contributed by atoms with Crippen molar-refractivity contribution in [1.82, 2.24) is 0 Å². The van der Waals surface area contributed by atoms with E-state index in [1.54, 1.807) is 31.4 Å². The van der Waals surface area contributed by atoms with Crippen molar-refractivity contribution in [1.29, 1.82) is 0 Å². The molecule has 0 unspecified atom stereocenters. The van der Waals surface area contributed by atoms with E-state index < -0.39 is 0 Å². The minimum atomic E-state index is -0.301. The Hall–Kier alpha value is -2.02. The predicted octanol–water partition coefficient (Wildman–Crippen LogP) is 1.55. The molecule has 14 heavy (non-hydrogen) atoms. The van der Waals surface area contributed by atoms with E-state index >= 15 is 0 Å². The minimum absolute atomic E-state index is 0.147. The second kappa shape index (κ2) is 4.87. The highest BCUT2D eigenvalue weighted by atomic mass is 16.5. The number of hydrogen-bond donors (Lipinski definition) is 1. The second-order valence-electron chi connectivity index (χ2n) is 2.59. The van der Waals surface area contributed by atoms with Crippen LogP contribution in [-0.4, -0.2) is 19.6 Å². The molecule has 0 heterocycles. The van der Waals surface area contributed by atoms with Crippen LogP contribution in [0.3, 0.4) is 0 Å². The van der Waals surface area contributed by atoms with Crippen LogP contribution in [0.25, 0.3) is 4.85 Å². The van der Waals surface area contributed by atoms with E-state index in [1.807, 2.05) is 0 Å². The summed E-state index contributed by atoms with van der Waals surface area (Å²) in [5, 5.41) is 2.59. The highest BCUT2D eigenvalue weighted by molar-refractivity contribution is 5.93. The topological polar surface area (TPSA) is 42.7 Å². The summed E-state index contributed by atoms with van der Waals surface area (Å²) in [6, 6.07) is 6.93. The van der Waals surface area contributed by atoms with Crippen LogP contribution in [-0.2, 0) is 4.79 Å². The maximum absolute atomic E-state index is 11.0. The molecule has 0 saturated heterocycles. The number of nitrogens with zero attached hydrogens (tertiary/aromatic N) is 1. The Balaban J connectivity index is 2.60. The van der Waals surface area contributed by atoms with Gasteiger partial charge in [0.05, 0.1) is 7.11 Å². The maximum Gasteiger partial charge on any atom is 0.304 e. The summed E-state index contributed by atoms with van der Waals surface area (Å²) in [7, 11) is 1.58. The molecule has 1 aromatic rings. The van der Waals surface area contributed by atoms with Gasteiger partial charge in [0.25, 0.3) is 6.54 Å². The molecule has 0 aromatic heterocycles. The average molecular weight is 190 g/mol. The van der Waals surface area contributed by atoms with Crippen molar-refractivity contribution in [2.75, 3.05) is 19.0 Å². The third-order valence-electron chi connectivity index (χ3n) is 1.60. The lowest BCUT2D eigenvalue weighted by Crippen LogP contribution is -2.13. The van der Waals surface area contributed by atoms with E-state index in [0.717, 1.165) is 5.75 Å². The van der Waals surface area contributed by atoms with E-state index in [-0.39, 0.29) is 12.5 Å². The average Bonchev–Trinajstić information content (AvgIpc) is 2.19. The molecule has 1 amide bonds. The van der Waals surface area contributed by atoms with Crippen molar-refractivity contribution in [3.63, 3.8) is 0 Å². The second-order valence-corrected chi connectivity index (χ2v) is 2.59. The van der Waals surface area contributed by atoms with Gasteiger partial charge >= 0.3 is 5.91 Å². The molecule has 0 fully saturated rings. The number of nitrogens with one attached hydrogen (secondary N) is 1. The first-order valence-corrected chi connectivity index (χ1v) is 4.03. The standard InChI is InChI=1S/C10H10N2O2/c1-11-7-10(13)12-8-3-5-9(14-2)6-4-8/h3-6H,7H2,2H3,(H,12,13). The highest BCUT2D eigenvalue weighted by Crippen LogP contribution is 2.14. The van der Waals surface area contributed by atoms with Crippen LogP contribution in [0.1, 0.15) is 0 Å². The molecule has 1 N–H and O–H groups in total. The van der Waals surface area contributed by atoms with Gasteiger partial charge in [-0.05, 0) is 24.3 Å². The number of benzene rings is 1. The predicted molar refractivity (Wildman–Crippen MR) is 53.1 cm³/mol. The molecule has 0 aliphatic heterocycles. The molecule has 0 aliphatic rings. The molecule has 0 atom stereocenters. The Kier molecular flexibility index (Phi) is 3.50. The van der Waals surface area contributed by atoms with Gasteiger partial charge in [0, 0.05) is 5.69 Å². The Bertz CT molecular complexity index is 351. The normalized spacial score (nSPS) is 8.86. The Morgan fingerprint density at radius 1 is 1.50 bits per heavy atom. The first-order valence-electron chi connectivity index (χ1n) is 4.03. The Morgan fingerprint density at radius 3 is 2.64 bits per heavy atom. The third kappa shape index (κ3) is 2.79. The van der Waals surface area contributed by atoms with Crippen molar-refractivity contribution in [2.45, 2.75) is 0 Å². The van der Waals surface area contributed by atoms with Crippen molar-refractivity contribution >= 4 is 11.6 Å². The molecule has 1 rings (SSSR count). The van der Waals surface area contributed by atoms with E-state index in [9.17, 15) is 4.79 Å². The summed E-state index contributed by atoms with van der Waals surface area (Å²) in [5.74, 6) is 0.429. The molecule has 0 radical (unpaired) electrons. The number of anilines is 1. The van der Waals surface area contributed by atoms with Crippen LogP contribution in [0.4, 0.5) is 5.69 Å². The lowest BCUT2D eigenvalue weighted by molar-refractivity contribution is -0.114. The van der Waals surface area contributed by atoms with Gasteiger partial charge in [0.2, 0.25) is 0 Å². The van der Waals surface area contributed by atoms with Gasteiger partial charge in [-0.2, -0.15) is 0 Å². The molecule has 1 aromatic carbocycles. The molecule has 4 heteroatoms. The third-order valence-corrected chi connectivity index (χ3v) is 1.60. The van der Waals surface area contributed by atoms with Gasteiger partial charge in [0.15, 0.2) is 0 Å². The lowest BCUT2D eigenvalue weighted by Gasteiger charge is -2.02. The number of amides is 1. The number of rotatable bonds is 3. The molecule has 4 nitrogen and oxygen atoms in total. The zero-order chi connectivity index (χ0) is 10.4. The Labute approximate surface area is 82.3 Å². The van der Waals surface area contributed by atoms with Crippen LogP contribution < -0.4 is 10.1 Å². The summed E-state index contributed by atoms with van der Waals surface area (Å²) in [6.45, 7) is 6.36. The van der Waals surface area contributed by atoms with Crippen LogP contribution >= 0.6 is 0 Å². The van der Waals surface area contributed by atoms with Crippen LogP contribution in [0.2, 0.25) is 0 Å². The SMILES string of the molecule is [C-]#[N+]CC(=O)Nc1ccc(OC)cc1. The summed E-state index contributed by atoms with van der Waals surface area (Å²) < 4.78 is 4.96. The molecular formula is C10H10N2O2. The summed E-state index contributed by atoms with van der Waals surface area (Å²) in [6.07, 6.45) is 0. The van der Waals surface area contributed by atoms with E-state index in [2.05, 4.69) is 10.2 Å². The molecule has 0 saturated carbocycles. The fourth-order valence-electron chi connectivity index (χ4n) is 0.947. The summed E-state index contributed by atoms with van der Waals surface area (Å²) >= 11 is 0. The molecule has 0 spiro atoms. The fraction of sp³-hybridized carbons (Fsp3) is 0.200. The van der Waals surface area contributed by atoms with Gasteiger partial charge in [-0.15, -0.1) is 0 Å². The number of ether oxygens (including phenoxy) is 1. The van der Waals surface area contributed by atoms with Gasteiger partial charge in [-0.3, -0.25) is 4.79 Å². The van der Waals surface area contributed by atoms with Crippen molar-refractivity contribution < 1.29 is 9.53 Å². The van der Waals surface area contributed by atoms with Crippen LogP contribution in [0.15, 0.2) is 24.3 Å². The first kappa shape index (κ1) is 10.1. The zero-order valence-corrected chi connectivity index (χ0v) is 7.78. The molecule has 72 valence electrons. The molecular weight excluding hydrogens is 180 g/mol. The first-order chi connectivity index (χ1) is 6.76. The van der Waals surface area contributed by atoms with Crippen molar-refractivity contribution in [3.8, 4) is 5.75 Å². The van der Waals surface area contributed by atoms with Gasteiger partial charge < -0.3 is 14.9 Å². The monoisotopic (exact) mass is 190 g/mol. The Morgan fingerprint density at radius 2 is 2.14 bits per heavy atom. The zero-order valence-electron chi connectivity index (χ0n) is 7.78. The van der Waals surface area contributed by atoms with Crippen LogP contribution in [0.5, 0.6) is 5.75 Å². The smallest absolute Gasteiger partial charge is 0.304 e. The van der Waals surface area contributed by atoms with Gasteiger partial charge in [0.1, 0.15) is 5.75 Å². The quantitative estimate of drug-likeness (QED) is 0.735. The summed E-state index contributed by atoms with van der Waals surface area (Å²) in [4.78, 5) is 14.0. The number of carbonyl (C=O) groups excluding carboxylic acids is 1. The van der Waals surface area contributed by atoms with Gasteiger partial charge in [-0.1, -0.05) is 0 Å². The van der Waals surface area contributed by atoms with Crippen molar-refractivity contribution in [3.05, 3.63) is 35.7 Å². The molecule has 0 bridgehead atoms. The highest BCUT2D eigenvalue weighted by Gasteiger charge is 2.03. The number of hydrogen-bond acceptors (Lipinski definition) is 2. The van der Waals surface area contributed by atoms with Crippen molar-refractivity contribution in [2.24, 2.45) is 0 Å². The maximum atomic E-state index is 11.0. The number of carbonyl (C=O) groups is 1. The van der Waals surface area contributed by atoms with Crippen LogP contribution in [0, 0.1) is 6.57 Å². The largest absolute Gasteiger partial charge is 0.497 e. The number of methoxy groups -OCH3 is 1. The van der Waals surface area contributed by atoms with E-state index in [0.29, 0.717) is 5.69 Å². The summed E-state index contributed by atoms with van der Waals surface area (Å²) in [5.41, 5.74) is 0.666.